The topological polar surface area (TPSA) is 0 Å². The second-order valence-electron chi connectivity index (χ2n) is 4.15. The molecule has 0 N–H and O–H groups in total. The number of benzene rings is 2. The monoisotopic (exact) mass is 266 g/mol. The Hall–Kier alpha value is -1.42. The van der Waals surface area contributed by atoms with Gasteiger partial charge in [-0.05, 0) is 23.3 Å². The van der Waals surface area contributed by atoms with Crippen molar-refractivity contribution in [2.45, 2.75) is 21.9 Å². The van der Waals surface area contributed by atoms with Crippen LogP contribution in [0.5, 0.6) is 0 Å². The van der Waals surface area contributed by atoms with Gasteiger partial charge in [-0.15, -0.1) is 0 Å². The quantitative estimate of drug-likeness (QED) is 0.657. The molecule has 1 aliphatic heterocycles. The summed E-state index contributed by atoms with van der Waals surface area (Å²) in [7, 11) is 0. The van der Waals surface area contributed by atoms with Gasteiger partial charge in [0.15, 0.2) is 0 Å². The van der Waals surface area contributed by atoms with Crippen molar-refractivity contribution in [2.24, 2.45) is 0 Å². The molecule has 1 heterocycles. The van der Waals surface area contributed by atoms with Crippen molar-refractivity contribution >= 4 is 11.8 Å². The molecule has 0 nitrogen and oxygen atoms in total. The van der Waals surface area contributed by atoms with Gasteiger partial charge in [-0.25, -0.2) is 0 Å². The van der Waals surface area contributed by atoms with Gasteiger partial charge in [0.2, 0.25) is 0 Å². The molecule has 0 fully saturated rings. The van der Waals surface area contributed by atoms with E-state index in [2.05, 4.69) is 0 Å². The van der Waals surface area contributed by atoms with Gasteiger partial charge in [0.1, 0.15) is 5.92 Å². The van der Waals surface area contributed by atoms with E-state index >= 15 is 0 Å². The van der Waals surface area contributed by atoms with E-state index < -0.39 is 12.1 Å². The van der Waals surface area contributed by atoms with Crippen LogP contribution in [0, 0.1) is 0 Å². The Morgan fingerprint density at radius 1 is 0.778 bits per heavy atom. The number of hydrogen-bond acceptors (Lipinski definition) is 1. The molecular weight excluding hydrogens is 257 g/mol. The van der Waals surface area contributed by atoms with Gasteiger partial charge in [-0.1, -0.05) is 48.2 Å². The van der Waals surface area contributed by atoms with Crippen LogP contribution < -0.4 is 0 Å². The van der Waals surface area contributed by atoms with Gasteiger partial charge in [-0.3, -0.25) is 0 Å². The molecule has 0 saturated carbocycles. The van der Waals surface area contributed by atoms with Crippen molar-refractivity contribution in [1.29, 1.82) is 0 Å². The average Bonchev–Trinajstić information content (AvgIpc) is 2.34. The summed E-state index contributed by atoms with van der Waals surface area (Å²) < 4.78 is 39.9. The summed E-state index contributed by atoms with van der Waals surface area (Å²) in [6, 6.07) is 13.5. The minimum absolute atomic E-state index is 0.355. The molecule has 92 valence electrons. The molecule has 0 saturated heterocycles. The predicted molar refractivity (Wildman–Crippen MR) is 64.9 cm³/mol. The maximum atomic E-state index is 13.3. The van der Waals surface area contributed by atoms with E-state index in [0.717, 1.165) is 0 Å². The summed E-state index contributed by atoms with van der Waals surface area (Å²) in [6.45, 7) is 0. The highest BCUT2D eigenvalue weighted by atomic mass is 32.2. The SMILES string of the molecule is FC(F)(F)C1c2ccccc2Sc2ccccc21. The third-order valence-electron chi connectivity index (χ3n) is 3.01. The molecule has 4 heteroatoms. The molecule has 3 rings (SSSR count). The van der Waals surface area contributed by atoms with Gasteiger partial charge in [0.05, 0.1) is 0 Å². The first-order chi connectivity index (χ1) is 8.57. The van der Waals surface area contributed by atoms with E-state index in [4.69, 9.17) is 0 Å². The summed E-state index contributed by atoms with van der Waals surface area (Å²) in [5.74, 6) is -1.51. The zero-order valence-corrected chi connectivity index (χ0v) is 10.1. The maximum absolute atomic E-state index is 13.3. The summed E-state index contributed by atoms with van der Waals surface area (Å²) in [4.78, 5) is 1.39. The first-order valence-corrected chi connectivity index (χ1v) is 6.31. The third kappa shape index (κ3) is 1.81. The fraction of sp³-hybridized carbons (Fsp3) is 0.143. The van der Waals surface area contributed by atoms with E-state index in [9.17, 15) is 13.2 Å². The highest BCUT2D eigenvalue weighted by Gasteiger charge is 2.45. The minimum atomic E-state index is -4.26. The first-order valence-electron chi connectivity index (χ1n) is 5.50. The summed E-state index contributed by atoms with van der Waals surface area (Å²) in [5, 5.41) is 0. The van der Waals surface area contributed by atoms with Gasteiger partial charge >= 0.3 is 6.18 Å². The van der Waals surface area contributed by atoms with Crippen LogP contribution in [0.2, 0.25) is 0 Å². The molecule has 1 aliphatic rings. The fourth-order valence-corrected chi connectivity index (χ4v) is 3.40. The molecule has 0 aliphatic carbocycles. The van der Waals surface area contributed by atoms with E-state index in [1.165, 1.54) is 11.8 Å². The molecule has 0 radical (unpaired) electrons. The predicted octanol–water partition coefficient (Wildman–Crippen LogP) is 4.85. The zero-order chi connectivity index (χ0) is 12.8. The second kappa shape index (κ2) is 4.05. The lowest BCUT2D eigenvalue weighted by molar-refractivity contribution is -0.142. The zero-order valence-electron chi connectivity index (χ0n) is 9.24. The Morgan fingerprint density at radius 3 is 1.67 bits per heavy atom. The highest BCUT2D eigenvalue weighted by molar-refractivity contribution is 7.99. The number of alkyl halides is 3. The van der Waals surface area contributed by atoms with Crippen LogP contribution >= 0.6 is 11.8 Å². The first kappa shape index (κ1) is 11.7. The van der Waals surface area contributed by atoms with Crippen LogP contribution in [0.15, 0.2) is 58.3 Å². The highest BCUT2D eigenvalue weighted by Crippen LogP contribution is 2.51. The normalized spacial score (nSPS) is 15.1. The van der Waals surface area contributed by atoms with Crippen LogP contribution in [-0.4, -0.2) is 6.18 Å². The molecule has 0 amide bonds. The van der Waals surface area contributed by atoms with Gasteiger partial charge in [0, 0.05) is 9.79 Å². The number of rotatable bonds is 0. The lowest BCUT2D eigenvalue weighted by Crippen LogP contribution is -2.24. The van der Waals surface area contributed by atoms with E-state index in [1.54, 1.807) is 48.5 Å². The average molecular weight is 266 g/mol. The lowest BCUT2D eigenvalue weighted by atomic mass is 9.90. The summed E-state index contributed by atoms with van der Waals surface area (Å²) in [5.41, 5.74) is 0.711. The Morgan fingerprint density at radius 2 is 1.22 bits per heavy atom. The largest absolute Gasteiger partial charge is 0.399 e. The van der Waals surface area contributed by atoms with E-state index in [0.29, 0.717) is 20.9 Å². The van der Waals surface area contributed by atoms with Crippen LogP contribution in [-0.2, 0) is 0 Å². The van der Waals surface area contributed by atoms with Crippen molar-refractivity contribution in [1.82, 2.24) is 0 Å². The Labute approximate surface area is 107 Å². The van der Waals surface area contributed by atoms with Crippen molar-refractivity contribution < 1.29 is 13.2 Å². The van der Waals surface area contributed by atoms with Crippen molar-refractivity contribution in [3.05, 3.63) is 59.7 Å². The lowest BCUT2D eigenvalue weighted by Gasteiger charge is -2.29. The Balaban J connectivity index is 2.24. The van der Waals surface area contributed by atoms with Crippen LogP contribution in [0.3, 0.4) is 0 Å². The van der Waals surface area contributed by atoms with Crippen molar-refractivity contribution in [3.8, 4) is 0 Å². The smallest absolute Gasteiger partial charge is 0.170 e. The molecule has 2 aromatic carbocycles. The Kier molecular flexibility index (Phi) is 2.63. The molecular formula is C14H9F3S. The van der Waals surface area contributed by atoms with Crippen LogP contribution in [0.25, 0.3) is 0 Å². The maximum Gasteiger partial charge on any atom is 0.399 e. The number of fused-ring (bicyclic) bond motifs is 2. The number of halogens is 3. The summed E-state index contributed by atoms with van der Waals surface area (Å²) >= 11 is 1.40. The molecule has 0 spiro atoms. The van der Waals surface area contributed by atoms with Crippen molar-refractivity contribution in [3.63, 3.8) is 0 Å². The van der Waals surface area contributed by atoms with E-state index in [1.807, 2.05) is 0 Å². The molecule has 0 bridgehead atoms. The minimum Gasteiger partial charge on any atom is -0.170 e. The molecule has 2 aromatic rings. The van der Waals surface area contributed by atoms with Gasteiger partial charge in [0.25, 0.3) is 0 Å². The van der Waals surface area contributed by atoms with Crippen LogP contribution in [0.1, 0.15) is 17.0 Å². The Bertz CT molecular complexity index is 544. The molecule has 0 aromatic heterocycles. The van der Waals surface area contributed by atoms with E-state index in [-0.39, 0.29) is 0 Å². The summed E-state index contributed by atoms with van der Waals surface area (Å²) in [6.07, 6.45) is -4.26. The molecule has 0 atom stereocenters. The molecule has 0 unspecified atom stereocenters. The van der Waals surface area contributed by atoms with Gasteiger partial charge in [-0.2, -0.15) is 13.2 Å². The fourth-order valence-electron chi connectivity index (χ4n) is 2.26. The second-order valence-corrected chi connectivity index (χ2v) is 5.24. The van der Waals surface area contributed by atoms with Crippen molar-refractivity contribution in [2.75, 3.05) is 0 Å². The van der Waals surface area contributed by atoms with Gasteiger partial charge < -0.3 is 0 Å². The molecule has 18 heavy (non-hydrogen) atoms. The standard InChI is InChI=1S/C14H9F3S/c15-14(16,17)13-9-5-1-3-7-11(9)18-12-8-4-2-6-10(12)13/h1-8,13H. The third-order valence-corrected chi connectivity index (χ3v) is 4.19. The van der Waals surface area contributed by atoms with Crippen LogP contribution in [0.4, 0.5) is 13.2 Å². The number of hydrogen-bond donors (Lipinski definition) is 0.